The second-order valence-corrected chi connectivity index (χ2v) is 6.22. The van der Waals surface area contributed by atoms with Gasteiger partial charge < -0.3 is 15.5 Å². The summed E-state index contributed by atoms with van der Waals surface area (Å²) in [6.45, 7) is 4.89. The molecule has 104 valence electrons. The van der Waals surface area contributed by atoms with Gasteiger partial charge in [0.15, 0.2) is 0 Å². The summed E-state index contributed by atoms with van der Waals surface area (Å²) in [5, 5.41) is 6.61. The summed E-state index contributed by atoms with van der Waals surface area (Å²) >= 11 is 0. The molecule has 2 atom stereocenters. The van der Waals surface area contributed by atoms with E-state index < -0.39 is 0 Å². The van der Waals surface area contributed by atoms with Crippen molar-refractivity contribution in [3.63, 3.8) is 0 Å². The van der Waals surface area contributed by atoms with Gasteiger partial charge in [-0.05, 0) is 46.6 Å². The van der Waals surface area contributed by atoms with Gasteiger partial charge in [-0.15, -0.1) is 0 Å². The van der Waals surface area contributed by atoms with E-state index in [9.17, 15) is 4.79 Å². The first kappa shape index (κ1) is 13.8. The lowest BCUT2D eigenvalue weighted by molar-refractivity contribution is -0.122. The fraction of sp³-hybridized carbons (Fsp3) is 0.929. The lowest BCUT2D eigenvalue weighted by Crippen LogP contribution is -2.47. The van der Waals surface area contributed by atoms with Gasteiger partial charge in [-0.2, -0.15) is 0 Å². The molecule has 2 fully saturated rings. The van der Waals surface area contributed by atoms with Crippen LogP contribution in [0.3, 0.4) is 0 Å². The van der Waals surface area contributed by atoms with Crippen LogP contribution in [0, 0.1) is 0 Å². The van der Waals surface area contributed by atoms with E-state index in [-0.39, 0.29) is 11.9 Å². The number of carbonyl (C=O) groups excluding carboxylic acids is 1. The third-order valence-corrected chi connectivity index (χ3v) is 4.21. The minimum atomic E-state index is 0.175. The van der Waals surface area contributed by atoms with Gasteiger partial charge in [-0.3, -0.25) is 4.79 Å². The van der Waals surface area contributed by atoms with Gasteiger partial charge in [-0.25, -0.2) is 0 Å². The van der Waals surface area contributed by atoms with Crippen LogP contribution in [-0.2, 0) is 4.79 Å². The van der Waals surface area contributed by atoms with Crippen molar-refractivity contribution in [1.82, 2.24) is 15.5 Å². The molecule has 0 aromatic carbocycles. The molecule has 0 spiro atoms. The maximum Gasteiger partial charge on any atom is 0.221 e. The van der Waals surface area contributed by atoms with Gasteiger partial charge in [-0.1, -0.05) is 0 Å². The van der Waals surface area contributed by atoms with Crippen LogP contribution >= 0.6 is 0 Å². The highest BCUT2D eigenvalue weighted by Gasteiger charge is 2.34. The normalized spacial score (nSPS) is 31.1. The van der Waals surface area contributed by atoms with Crippen LogP contribution in [0.15, 0.2) is 0 Å². The quantitative estimate of drug-likeness (QED) is 0.771. The zero-order valence-electron chi connectivity index (χ0n) is 11.9. The summed E-state index contributed by atoms with van der Waals surface area (Å²) in [6, 6.07) is 2.36. The van der Waals surface area contributed by atoms with Crippen LogP contribution in [0.4, 0.5) is 0 Å². The molecular weight excluding hydrogens is 226 g/mol. The minimum absolute atomic E-state index is 0.175. The summed E-state index contributed by atoms with van der Waals surface area (Å²) in [7, 11) is 2.16. The number of hydrogen-bond donors (Lipinski definition) is 2. The molecule has 0 saturated carbocycles. The predicted octanol–water partition coefficient (Wildman–Crippen LogP) is 1.12. The van der Waals surface area contributed by atoms with Crippen molar-refractivity contribution in [3.05, 3.63) is 0 Å². The van der Waals surface area contributed by atoms with Gasteiger partial charge in [0.25, 0.3) is 0 Å². The van der Waals surface area contributed by atoms with Crippen molar-refractivity contribution in [1.29, 1.82) is 0 Å². The molecule has 18 heavy (non-hydrogen) atoms. The molecule has 0 aromatic heterocycles. The highest BCUT2D eigenvalue weighted by Crippen LogP contribution is 2.29. The van der Waals surface area contributed by atoms with E-state index >= 15 is 0 Å². The number of fused-ring (bicyclic) bond motifs is 2. The summed E-state index contributed by atoms with van der Waals surface area (Å²) in [5.74, 6) is 0.175. The SMILES string of the molecule is CC(C)NC(=O)CCN(C)C1CC2CCC(C1)N2. The first-order valence-corrected chi connectivity index (χ1v) is 7.30. The molecule has 2 aliphatic heterocycles. The van der Waals surface area contributed by atoms with Gasteiger partial charge in [0.1, 0.15) is 0 Å². The molecule has 2 aliphatic rings. The molecule has 4 heteroatoms. The molecule has 0 aromatic rings. The topological polar surface area (TPSA) is 44.4 Å². The fourth-order valence-electron chi connectivity index (χ4n) is 3.24. The molecule has 0 radical (unpaired) electrons. The number of piperidine rings is 1. The second-order valence-electron chi connectivity index (χ2n) is 6.22. The van der Waals surface area contributed by atoms with E-state index in [1.807, 2.05) is 13.8 Å². The zero-order chi connectivity index (χ0) is 13.1. The van der Waals surface area contributed by atoms with Gasteiger partial charge in [0.2, 0.25) is 5.91 Å². The molecule has 0 aliphatic carbocycles. The Bertz CT molecular complexity index is 281. The van der Waals surface area contributed by atoms with Gasteiger partial charge >= 0.3 is 0 Å². The third-order valence-electron chi connectivity index (χ3n) is 4.21. The first-order valence-electron chi connectivity index (χ1n) is 7.30. The average molecular weight is 253 g/mol. The molecule has 1 amide bonds. The van der Waals surface area contributed by atoms with Crippen molar-refractivity contribution >= 4 is 5.91 Å². The molecule has 2 bridgehead atoms. The van der Waals surface area contributed by atoms with Crippen LogP contribution in [0.2, 0.25) is 0 Å². The average Bonchev–Trinajstić information content (AvgIpc) is 2.64. The Morgan fingerprint density at radius 3 is 2.50 bits per heavy atom. The maximum absolute atomic E-state index is 11.6. The molecule has 2 heterocycles. The van der Waals surface area contributed by atoms with Crippen molar-refractivity contribution in [2.24, 2.45) is 0 Å². The van der Waals surface area contributed by atoms with Crippen molar-refractivity contribution in [3.8, 4) is 0 Å². The Kier molecular flexibility index (Phi) is 4.62. The summed E-state index contributed by atoms with van der Waals surface area (Å²) in [5.41, 5.74) is 0. The standard InChI is InChI=1S/C14H27N3O/c1-10(2)15-14(18)6-7-17(3)13-8-11-4-5-12(9-13)16-11/h10-13,16H,4-9H2,1-3H3,(H,15,18). The number of rotatable bonds is 5. The van der Waals surface area contributed by atoms with Crippen molar-refractivity contribution < 1.29 is 4.79 Å². The Morgan fingerprint density at radius 2 is 1.94 bits per heavy atom. The Labute approximate surface area is 110 Å². The lowest BCUT2D eigenvalue weighted by atomic mass is 9.98. The molecule has 2 N–H and O–H groups in total. The summed E-state index contributed by atoms with van der Waals surface area (Å²) < 4.78 is 0. The van der Waals surface area contributed by atoms with Crippen molar-refractivity contribution in [2.45, 2.75) is 70.1 Å². The Morgan fingerprint density at radius 1 is 1.33 bits per heavy atom. The zero-order valence-corrected chi connectivity index (χ0v) is 11.9. The number of nitrogens with zero attached hydrogens (tertiary/aromatic N) is 1. The van der Waals surface area contributed by atoms with Crippen LogP contribution in [0.1, 0.15) is 46.0 Å². The number of hydrogen-bond acceptors (Lipinski definition) is 3. The molecular formula is C14H27N3O. The maximum atomic E-state index is 11.6. The highest BCUT2D eigenvalue weighted by molar-refractivity contribution is 5.76. The Balaban J connectivity index is 1.71. The Hall–Kier alpha value is -0.610. The predicted molar refractivity (Wildman–Crippen MR) is 73.5 cm³/mol. The summed E-state index contributed by atoms with van der Waals surface area (Å²) in [4.78, 5) is 14.0. The van der Waals surface area contributed by atoms with E-state index in [2.05, 4.69) is 22.6 Å². The monoisotopic (exact) mass is 253 g/mol. The summed E-state index contributed by atoms with van der Waals surface area (Å²) in [6.07, 6.45) is 5.79. The first-order chi connectivity index (χ1) is 8.54. The van der Waals surface area contributed by atoms with Gasteiger partial charge in [0, 0.05) is 37.1 Å². The fourth-order valence-corrected chi connectivity index (χ4v) is 3.24. The van der Waals surface area contributed by atoms with E-state index in [4.69, 9.17) is 0 Å². The van der Waals surface area contributed by atoms with Crippen LogP contribution < -0.4 is 10.6 Å². The molecule has 2 rings (SSSR count). The highest BCUT2D eigenvalue weighted by atomic mass is 16.1. The minimum Gasteiger partial charge on any atom is -0.354 e. The number of carbonyl (C=O) groups is 1. The molecule has 2 unspecified atom stereocenters. The largest absolute Gasteiger partial charge is 0.354 e. The molecule has 4 nitrogen and oxygen atoms in total. The van der Waals surface area contributed by atoms with E-state index in [0.29, 0.717) is 12.5 Å². The van der Waals surface area contributed by atoms with Gasteiger partial charge in [0.05, 0.1) is 0 Å². The second kappa shape index (κ2) is 6.02. The number of amides is 1. The lowest BCUT2D eigenvalue weighted by Gasteiger charge is -2.35. The number of nitrogens with one attached hydrogen (secondary N) is 2. The van der Waals surface area contributed by atoms with Crippen LogP contribution in [0.25, 0.3) is 0 Å². The van der Waals surface area contributed by atoms with E-state index in [1.54, 1.807) is 0 Å². The third kappa shape index (κ3) is 3.69. The van der Waals surface area contributed by atoms with E-state index in [0.717, 1.165) is 18.6 Å². The van der Waals surface area contributed by atoms with E-state index in [1.165, 1.54) is 25.7 Å². The van der Waals surface area contributed by atoms with Crippen LogP contribution in [-0.4, -0.2) is 48.6 Å². The molecule has 2 saturated heterocycles. The van der Waals surface area contributed by atoms with Crippen molar-refractivity contribution in [2.75, 3.05) is 13.6 Å². The smallest absolute Gasteiger partial charge is 0.221 e. The van der Waals surface area contributed by atoms with Crippen LogP contribution in [0.5, 0.6) is 0 Å².